The number of carbonyl (C=O) groups excluding carboxylic acids is 3. The fourth-order valence-corrected chi connectivity index (χ4v) is 6.13. The van der Waals surface area contributed by atoms with Crippen LogP contribution in [0.2, 0.25) is 0 Å². The normalized spacial score (nSPS) is 30.2. The molecule has 0 bridgehead atoms. The SMILES string of the molecule is CO[C@H]1C(OP(=O)(O)OC)[C@@H](COC(=O)OCc2ccccc2)C[C@H]1NC(=O)CCCCO[C@@H]1O[C@H](CO)[C@H](O)[C@H](O)[C@H]1NC(C)=O. The lowest BCUT2D eigenvalue weighted by Crippen LogP contribution is -2.64. The van der Waals surface area contributed by atoms with Crippen LogP contribution in [0, 0.1) is 5.92 Å². The first-order chi connectivity index (χ1) is 22.4. The number of nitrogens with one attached hydrogen (secondary N) is 2. The Morgan fingerprint density at radius 1 is 1.02 bits per heavy atom. The molecule has 1 saturated heterocycles. The molecule has 47 heavy (non-hydrogen) atoms. The summed E-state index contributed by atoms with van der Waals surface area (Å²) in [6, 6.07) is 7.23. The zero-order chi connectivity index (χ0) is 34.6. The molecule has 1 aromatic rings. The van der Waals surface area contributed by atoms with Crippen molar-refractivity contribution in [3.8, 4) is 0 Å². The van der Waals surface area contributed by atoms with Gasteiger partial charge in [-0.15, -0.1) is 0 Å². The van der Waals surface area contributed by atoms with Gasteiger partial charge in [-0.05, 0) is 24.8 Å². The van der Waals surface area contributed by atoms with Gasteiger partial charge in [0.15, 0.2) is 6.29 Å². The van der Waals surface area contributed by atoms with Crippen LogP contribution >= 0.6 is 7.82 Å². The summed E-state index contributed by atoms with van der Waals surface area (Å²) in [7, 11) is -2.14. The number of ether oxygens (including phenoxy) is 5. The van der Waals surface area contributed by atoms with E-state index in [1.54, 1.807) is 24.3 Å². The van der Waals surface area contributed by atoms with E-state index in [0.717, 1.165) is 12.7 Å². The summed E-state index contributed by atoms with van der Waals surface area (Å²) >= 11 is 0. The van der Waals surface area contributed by atoms with E-state index in [0.29, 0.717) is 12.8 Å². The Hall–Kier alpha value is -2.70. The summed E-state index contributed by atoms with van der Waals surface area (Å²) in [5.41, 5.74) is 0.757. The van der Waals surface area contributed by atoms with Crippen LogP contribution in [0.5, 0.6) is 0 Å². The fraction of sp³-hybridized carbons (Fsp3) is 0.690. The molecule has 266 valence electrons. The molecular weight excluding hydrogens is 647 g/mol. The third kappa shape index (κ3) is 11.7. The van der Waals surface area contributed by atoms with E-state index in [2.05, 4.69) is 15.2 Å². The number of carbonyl (C=O) groups is 3. The summed E-state index contributed by atoms with van der Waals surface area (Å²) in [4.78, 5) is 46.7. The highest BCUT2D eigenvalue weighted by Gasteiger charge is 2.49. The molecule has 6 N–H and O–H groups in total. The van der Waals surface area contributed by atoms with E-state index in [1.165, 1.54) is 14.0 Å². The summed E-state index contributed by atoms with van der Waals surface area (Å²) in [6.45, 7) is 0.458. The van der Waals surface area contributed by atoms with E-state index in [4.69, 9.17) is 28.2 Å². The van der Waals surface area contributed by atoms with Gasteiger partial charge in [-0.25, -0.2) is 9.36 Å². The number of benzene rings is 1. The number of rotatable bonds is 17. The molecule has 1 aromatic carbocycles. The van der Waals surface area contributed by atoms with Crippen molar-refractivity contribution in [3.63, 3.8) is 0 Å². The first kappa shape index (κ1) is 38.7. The molecule has 2 unspecified atom stereocenters. The van der Waals surface area contributed by atoms with Crippen molar-refractivity contribution in [2.24, 2.45) is 5.92 Å². The Morgan fingerprint density at radius 2 is 1.74 bits per heavy atom. The van der Waals surface area contributed by atoms with Crippen LogP contribution in [0.15, 0.2) is 30.3 Å². The highest BCUT2D eigenvalue weighted by molar-refractivity contribution is 7.47. The molecule has 0 spiro atoms. The van der Waals surface area contributed by atoms with Crippen molar-refractivity contribution >= 4 is 25.8 Å². The van der Waals surface area contributed by atoms with Gasteiger partial charge in [-0.3, -0.25) is 18.6 Å². The van der Waals surface area contributed by atoms with E-state index >= 15 is 0 Å². The molecule has 1 heterocycles. The van der Waals surface area contributed by atoms with E-state index < -0.39 is 81.3 Å². The second-order valence-corrected chi connectivity index (χ2v) is 12.7. The molecule has 2 aliphatic rings. The Kier molecular flexibility index (Phi) is 15.4. The number of aliphatic hydroxyl groups excluding tert-OH is 3. The molecule has 2 fully saturated rings. The molecule has 17 nitrogen and oxygen atoms in total. The lowest BCUT2D eigenvalue weighted by molar-refractivity contribution is -0.270. The maximum absolute atomic E-state index is 12.9. The fourth-order valence-electron chi connectivity index (χ4n) is 5.45. The topological polar surface area (TPSA) is 238 Å². The molecule has 10 atom stereocenters. The van der Waals surface area contributed by atoms with Crippen LogP contribution in [-0.4, -0.2) is 121 Å². The quantitative estimate of drug-likeness (QED) is 0.0722. The molecule has 18 heteroatoms. The third-order valence-corrected chi connectivity index (χ3v) is 8.76. The van der Waals surface area contributed by atoms with E-state index in [9.17, 15) is 39.2 Å². The number of methoxy groups -OCH3 is 1. The minimum absolute atomic E-state index is 0.0119. The van der Waals surface area contributed by atoms with Crippen molar-refractivity contribution in [1.29, 1.82) is 0 Å². The van der Waals surface area contributed by atoms with Gasteiger partial charge in [0.25, 0.3) is 0 Å². The molecule has 1 aliphatic carbocycles. The van der Waals surface area contributed by atoms with Gasteiger partial charge in [0.05, 0.1) is 12.6 Å². The number of hydrogen-bond acceptors (Lipinski definition) is 14. The monoisotopic (exact) mass is 692 g/mol. The molecular formula is C29H45N2O15P. The predicted octanol–water partition coefficient (Wildman–Crippen LogP) is 0.122. The molecule has 1 aliphatic heterocycles. The largest absolute Gasteiger partial charge is 0.508 e. The van der Waals surface area contributed by atoms with Crippen molar-refractivity contribution in [2.45, 2.75) is 88.1 Å². The van der Waals surface area contributed by atoms with Gasteiger partial charge in [-0.1, -0.05) is 30.3 Å². The number of hydrogen-bond donors (Lipinski definition) is 6. The molecule has 2 amide bonds. The Bertz CT molecular complexity index is 1190. The number of phosphoric ester groups is 1. The van der Waals surface area contributed by atoms with Gasteiger partial charge in [0, 0.05) is 40.1 Å². The minimum atomic E-state index is -4.49. The van der Waals surface area contributed by atoms with E-state index in [-0.39, 0.29) is 38.6 Å². The highest BCUT2D eigenvalue weighted by Crippen LogP contribution is 2.48. The summed E-state index contributed by atoms with van der Waals surface area (Å²) in [6.07, 6.45) is -7.09. The van der Waals surface area contributed by atoms with Crippen LogP contribution < -0.4 is 10.6 Å². The summed E-state index contributed by atoms with van der Waals surface area (Å²) < 4.78 is 49.3. The molecule has 3 rings (SSSR count). The van der Waals surface area contributed by atoms with Crippen LogP contribution in [0.25, 0.3) is 0 Å². The van der Waals surface area contributed by atoms with Gasteiger partial charge in [-0.2, -0.15) is 0 Å². The van der Waals surface area contributed by atoms with Crippen LogP contribution in [-0.2, 0) is 53.5 Å². The number of aliphatic hydroxyl groups is 3. The number of unbranched alkanes of at least 4 members (excludes halogenated alkanes) is 1. The Balaban J connectivity index is 1.51. The minimum Gasteiger partial charge on any atom is -0.434 e. The average Bonchev–Trinajstić information content (AvgIpc) is 3.36. The average molecular weight is 693 g/mol. The summed E-state index contributed by atoms with van der Waals surface area (Å²) in [5.74, 6) is -1.50. The zero-order valence-electron chi connectivity index (χ0n) is 26.5. The van der Waals surface area contributed by atoms with E-state index in [1.807, 2.05) is 6.07 Å². The first-order valence-corrected chi connectivity index (χ1v) is 16.6. The van der Waals surface area contributed by atoms with Crippen LogP contribution in [0.4, 0.5) is 4.79 Å². The second kappa shape index (κ2) is 18.7. The number of amides is 2. The maximum atomic E-state index is 12.9. The van der Waals surface area contributed by atoms with Gasteiger partial charge >= 0.3 is 14.0 Å². The highest BCUT2D eigenvalue weighted by atomic mass is 31.2. The van der Waals surface area contributed by atoms with Crippen molar-refractivity contribution in [2.75, 3.05) is 34.0 Å². The standard InChI is InChI=1S/C29H45N2O15P/c1-17(33)30-23-25(36)24(35)21(14-32)45-28(23)42-12-8-7-11-22(34)31-20-13-19(26(27(20)40-2)46-47(38,39)41-3)16-44-29(37)43-15-18-9-5-4-6-10-18/h4-6,9-10,19-21,23-28,32,35-36H,7-8,11-16H2,1-3H3,(H,30,33)(H,31,34)(H,38,39)/t19-,20-,21-,23-,24+,25-,26?,27-,28-/m1/s1. The molecule has 0 radical (unpaired) electrons. The lowest BCUT2D eigenvalue weighted by atomic mass is 9.97. The summed E-state index contributed by atoms with van der Waals surface area (Å²) in [5, 5.41) is 35.3. The second-order valence-electron chi connectivity index (χ2n) is 11.2. The maximum Gasteiger partial charge on any atom is 0.508 e. The zero-order valence-corrected chi connectivity index (χ0v) is 27.4. The third-order valence-electron chi connectivity index (χ3n) is 7.79. The Labute approximate surface area is 272 Å². The van der Waals surface area contributed by atoms with Crippen molar-refractivity contribution < 1.29 is 71.9 Å². The molecule has 1 saturated carbocycles. The van der Waals surface area contributed by atoms with Crippen LogP contribution in [0.1, 0.15) is 38.2 Å². The lowest BCUT2D eigenvalue weighted by Gasteiger charge is -2.42. The number of phosphoric acid groups is 1. The van der Waals surface area contributed by atoms with Gasteiger partial charge in [0.1, 0.15) is 49.8 Å². The van der Waals surface area contributed by atoms with Gasteiger partial charge in [0.2, 0.25) is 11.8 Å². The smallest absolute Gasteiger partial charge is 0.434 e. The molecule has 0 aromatic heterocycles. The van der Waals surface area contributed by atoms with Gasteiger partial charge < -0.3 is 54.5 Å². The van der Waals surface area contributed by atoms with Crippen molar-refractivity contribution in [1.82, 2.24) is 10.6 Å². The van der Waals surface area contributed by atoms with Crippen molar-refractivity contribution in [3.05, 3.63) is 35.9 Å². The van der Waals surface area contributed by atoms with Crippen LogP contribution in [0.3, 0.4) is 0 Å². The first-order valence-electron chi connectivity index (χ1n) is 15.1. The Morgan fingerprint density at radius 3 is 2.38 bits per heavy atom. The predicted molar refractivity (Wildman–Crippen MR) is 160 cm³/mol.